The summed E-state index contributed by atoms with van der Waals surface area (Å²) in [5.41, 5.74) is 4.23. The van der Waals surface area contributed by atoms with Gasteiger partial charge in [-0.1, -0.05) is 55.4 Å². The molecule has 0 aliphatic carbocycles. The molecule has 0 radical (unpaired) electrons. The molecule has 0 saturated carbocycles. The second-order valence-corrected chi connectivity index (χ2v) is 9.81. The van der Waals surface area contributed by atoms with Crippen molar-refractivity contribution in [3.05, 3.63) is 82.2 Å². The number of para-hydroxylation sites is 1. The van der Waals surface area contributed by atoms with Crippen molar-refractivity contribution >= 4 is 11.7 Å². The molecule has 0 bridgehead atoms. The minimum Gasteiger partial charge on any atom is -0.488 e. The van der Waals surface area contributed by atoms with Crippen molar-refractivity contribution < 1.29 is 18.8 Å². The van der Waals surface area contributed by atoms with Gasteiger partial charge in [-0.15, -0.1) is 0 Å². The molecule has 1 amide bonds. The predicted molar refractivity (Wildman–Crippen MR) is 135 cm³/mol. The van der Waals surface area contributed by atoms with Crippen molar-refractivity contribution in [1.82, 2.24) is 10.1 Å². The van der Waals surface area contributed by atoms with Gasteiger partial charge in [0.2, 0.25) is 0 Å². The Bertz CT molecular complexity index is 1150. The Labute approximate surface area is 207 Å². The van der Waals surface area contributed by atoms with E-state index < -0.39 is 0 Å². The fourth-order valence-corrected chi connectivity index (χ4v) is 4.65. The molecule has 0 atom stereocenters. The highest BCUT2D eigenvalue weighted by atomic mass is 16.5. The highest BCUT2D eigenvalue weighted by molar-refractivity contribution is 5.99. The number of rotatable bonds is 8. The Balaban J connectivity index is 1.36. The van der Waals surface area contributed by atoms with Gasteiger partial charge in [-0.2, -0.15) is 0 Å². The van der Waals surface area contributed by atoms with Gasteiger partial charge in [-0.25, -0.2) is 0 Å². The molecule has 0 unspecified atom stereocenters. The molecule has 1 fully saturated rings. The van der Waals surface area contributed by atoms with Crippen LogP contribution in [0.2, 0.25) is 0 Å². The van der Waals surface area contributed by atoms with E-state index in [4.69, 9.17) is 9.26 Å². The zero-order valence-corrected chi connectivity index (χ0v) is 21.0. The van der Waals surface area contributed by atoms with Crippen LogP contribution in [-0.2, 0) is 13.0 Å². The summed E-state index contributed by atoms with van der Waals surface area (Å²) in [7, 11) is 0. The monoisotopic (exact) mass is 474 g/mol. The van der Waals surface area contributed by atoms with Gasteiger partial charge in [-0.05, 0) is 56.7 Å². The number of benzene rings is 2. The first kappa shape index (κ1) is 24.7. The highest BCUT2D eigenvalue weighted by Gasteiger charge is 2.29. The molecular formula is C29H34N2O4. The van der Waals surface area contributed by atoms with Crippen molar-refractivity contribution in [3.8, 4) is 5.75 Å². The summed E-state index contributed by atoms with van der Waals surface area (Å²) >= 11 is 0. The van der Waals surface area contributed by atoms with E-state index in [-0.39, 0.29) is 24.2 Å². The van der Waals surface area contributed by atoms with Gasteiger partial charge in [-0.3, -0.25) is 9.59 Å². The summed E-state index contributed by atoms with van der Waals surface area (Å²) in [6.07, 6.45) is 2.35. The normalized spacial score (nSPS) is 14.4. The molecule has 2 heterocycles. The minimum absolute atomic E-state index is 0.0546. The van der Waals surface area contributed by atoms with Crippen LogP contribution in [0, 0.1) is 25.7 Å². The second kappa shape index (κ2) is 10.9. The standard InChI is InChI=1S/C29H34N2O4/c1-19(2)17-22-9-11-23(12-10-22)28(32)24-13-15-31(16-14-24)29(33)25-7-5-6-8-27(25)34-18-26-20(3)30-35-21(26)4/h5-12,19,24H,13-18H2,1-4H3. The summed E-state index contributed by atoms with van der Waals surface area (Å²) < 4.78 is 11.2. The first-order valence-corrected chi connectivity index (χ1v) is 12.4. The van der Waals surface area contributed by atoms with E-state index in [0.29, 0.717) is 48.9 Å². The van der Waals surface area contributed by atoms with Crippen LogP contribution in [-0.4, -0.2) is 34.8 Å². The maximum atomic E-state index is 13.3. The lowest BCUT2D eigenvalue weighted by atomic mass is 9.88. The maximum absolute atomic E-state index is 13.3. The molecule has 0 N–H and O–H groups in total. The average molecular weight is 475 g/mol. The van der Waals surface area contributed by atoms with Gasteiger partial charge >= 0.3 is 0 Å². The molecule has 4 rings (SSSR count). The fourth-order valence-electron chi connectivity index (χ4n) is 4.65. The molecule has 184 valence electrons. The molecular weight excluding hydrogens is 440 g/mol. The van der Waals surface area contributed by atoms with Gasteiger partial charge < -0.3 is 14.2 Å². The van der Waals surface area contributed by atoms with E-state index in [1.165, 1.54) is 5.56 Å². The number of ether oxygens (including phenoxy) is 1. The number of aryl methyl sites for hydroxylation is 2. The van der Waals surface area contributed by atoms with E-state index in [9.17, 15) is 9.59 Å². The lowest BCUT2D eigenvalue weighted by Crippen LogP contribution is -2.40. The van der Waals surface area contributed by atoms with Gasteiger partial charge in [0.05, 0.1) is 16.8 Å². The van der Waals surface area contributed by atoms with Crippen LogP contribution in [0.3, 0.4) is 0 Å². The number of Topliss-reactive ketones (excluding diaryl/α,β-unsaturated/α-hetero) is 1. The molecule has 1 aliphatic heterocycles. The Morgan fingerprint density at radius 3 is 2.37 bits per heavy atom. The fraction of sp³-hybridized carbons (Fsp3) is 0.414. The van der Waals surface area contributed by atoms with Crippen molar-refractivity contribution in [2.75, 3.05) is 13.1 Å². The number of hydrogen-bond donors (Lipinski definition) is 0. The lowest BCUT2D eigenvalue weighted by molar-refractivity contribution is 0.0646. The van der Waals surface area contributed by atoms with E-state index in [1.54, 1.807) is 6.07 Å². The summed E-state index contributed by atoms with van der Waals surface area (Å²) in [6, 6.07) is 15.3. The molecule has 1 saturated heterocycles. The van der Waals surface area contributed by atoms with E-state index in [0.717, 1.165) is 23.2 Å². The molecule has 2 aromatic carbocycles. The van der Waals surface area contributed by atoms with Crippen molar-refractivity contribution in [2.45, 2.75) is 53.6 Å². The summed E-state index contributed by atoms with van der Waals surface area (Å²) in [4.78, 5) is 28.2. The number of aromatic nitrogens is 1. The topological polar surface area (TPSA) is 72.6 Å². The Morgan fingerprint density at radius 2 is 1.74 bits per heavy atom. The Kier molecular flexibility index (Phi) is 7.69. The van der Waals surface area contributed by atoms with Crippen LogP contribution in [0.5, 0.6) is 5.75 Å². The number of carbonyl (C=O) groups is 2. The van der Waals surface area contributed by atoms with E-state index in [1.807, 2.05) is 49.1 Å². The second-order valence-electron chi connectivity index (χ2n) is 9.81. The number of nitrogens with zero attached hydrogens (tertiary/aromatic N) is 2. The SMILES string of the molecule is Cc1noc(C)c1COc1ccccc1C(=O)N1CCC(C(=O)c2ccc(CC(C)C)cc2)CC1. The highest BCUT2D eigenvalue weighted by Crippen LogP contribution is 2.27. The molecule has 35 heavy (non-hydrogen) atoms. The zero-order chi connectivity index (χ0) is 24.9. The van der Waals surface area contributed by atoms with Crippen LogP contribution >= 0.6 is 0 Å². The number of piperidine rings is 1. The third-order valence-corrected chi connectivity index (χ3v) is 6.71. The van der Waals surface area contributed by atoms with Crippen molar-refractivity contribution in [1.29, 1.82) is 0 Å². The van der Waals surface area contributed by atoms with Crippen LogP contribution < -0.4 is 4.74 Å². The van der Waals surface area contributed by atoms with Crippen molar-refractivity contribution in [2.24, 2.45) is 11.8 Å². The van der Waals surface area contributed by atoms with Crippen LogP contribution in [0.25, 0.3) is 0 Å². The van der Waals surface area contributed by atoms with Crippen LogP contribution in [0.1, 0.15) is 70.0 Å². The first-order valence-electron chi connectivity index (χ1n) is 12.4. The minimum atomic E-state index is -0.0664. The van der Waals surface area contributed by atoms with Gasteiger partial charge in [0, 0.05) is 24.6 Å². The van der Waals surface area contributed by atoms with Crippen LogP contribution in [0.15, 0.2) is 53.1 Å². The molecule has 3 aromatic rings. The number of carbonyl (C=O) groups excluding carboxylic acids is 2. The average Bonchev–Trinajstić information content (AvgIpc) is 3.19. The third-order valence-electron chi connectivity index (χ3n) is 6.71. The summed E-state index contributed by atoms with van der Waals surface area (Å²) in [6.45, 7) is 9.50. The smallest absolute Gasteiger partial charge is 0.257 e. The van der Waals surface area contributed by atoms with Gasteiger partial charge in [0.15, 0.2) is 5.78 Å². The first-order chi connectivity index (χ1) is 16.8. The molecule has 6 heteroatoms. The Hall–Kier alpha value is -3.41. The number of hydrogen-bond acceptors (Lipinski definition) is 5. The molecule has 0 spiro atoms. The lowest BCUT2D eigenvalue weighted by Gasteiger charge is -2.31. The summed E-state index contributed by atoms with van der Waals surface area (Å²) in [5, 5.41) is 3.96. The van der Waals surface area contributed by atoms with E-state index in [2.05, 4.69) is 31.1 Å². The molecule has 1 aliphatic rings. The molecule has 1 aromatic heterocycles. The van der Waals surface area contributed by atoms with Crippen molar-refractivity contribution in [3.63, 3.8) is 0 Å². The van der Waals surface area contributed by atoms with Gasteiger partial charge in [0.25, 0.3) is 5.91 Å². The van der Waals surface area contributed by atoms with Gasteiger partial charge in [0.1, 0.15) is 18.1 Å². The predicted octanol–water partition coefficient (Wildman–Crippen LogP) is 5.80. The maximum Gasteiger partial charge on any atom is 0.257 e. The zero-order valence-electron chi connectivity index (χ0n) is 21.0. The van der Waals surface area contributed by atoms with E-state index >= 15 is 0 Å². The molecule has 6 nitrogen and oxygen atoms in total. The van der Waals surface area contributed by atoms with Crippen LogP contribution in [0.4, 0.5) is 0 Å². The number of amides is 1. The number of likely N-dealkylation sites (tertiary alicyclic amines) is 1. The Morgan fingerprint density at radius 1 is 1.06 bits per heavy atom. The third kappa shape index (κ3) is 5.81. The summed E-state index contributed by atoms with van der Waals surface area (Å²) in [5.74, 6) is 1.90. The quantitative estimate of drug-likeness (QED) is 0.386. The largest absolute Gasteiger partial charge is 0.488 e. The number of ketones is 1.